The van der Waals surface area contributed by atoms with Crippen molar-refractivity contribution < 1.29 is 4.39 Å². The number of nitrogens with two attached hydrogens (primary N) is 1. The Morgan fingerprint density at radius 1 is 1.31 bits per heavy atom. The van der Waals surface area contributed by atoms with Crippen molar-refractivity contribution in [1.29, 1.82) is 0 Å². The van der Waals surface area contributed by atoms with E-state index in [2.05, 4.69) is 5.10 Å². The molecule has 1 aromatic carbocycles. The van der Waals surface area contributed by atoms with Crippen molar-refractivity contribution in [3.05, 3.63) is 52.2 Å². The molecular formula is C11H10FN3O. The summed E-state index contributed by atoms with van der Waals surface area (Å²) < 4.78 is 14.4. The van der Waals surface area contributed by atoms with E-state index in [1.807, 2.05) is 0 Å². The molecule has 2 aromatic rings. The molecule has 0 bridgehead atoms. The molecule has 0 saturated carbocycles. The van der Waals surface area contributed by atoms with Crippen LogP contribution in [0.1, 0.15) is 5.69 Å². The van der Waals surface area contributed by atoms with E-state index in [1.54, 1.807) is 19.1 Å². The predicted molar refractivity (Wildman–Crippen MR) is 58.9 cm³/mol. The van der Waals surface area contributed by atoms with Crippen molar-refractivity contribution in [2.24, 2.45) is 0 Å². The molecular weight excluding hydrogens is 209 g/mol. The number of hydrogen-bond acceptors (Lipinski definition) is 3. The molecule has 0 aliphatic rings. The minimum absolute atomic E-state index is 0.0458. The van der Waals surface area contributed by atoms with Crippen LogP contribution in [0.3, 0.4) is 0 Å². The Labute approximate surface area is 91.1 Å². The van der Waals surface area contributed by atoms with Gasteiger partial charge in [0.05, 0.1) is 17.1 Å². The van der Waals surface area contributed by atoms with Crippen molar-refractivity contribution in [2.75, 3.05) is 5.73 Å². The van der Waals surface area contributed by atoms with Gasteiger partial charge in [-0.3, -0.25) is 4.79 Å². The van der Waals surface area contributed by atoms with Gasteiger partial charge in [-0.1, -0.05) is 0 Å². The Hall–Kier alpha value is -2.17. The molecule has 1 aromatic heterocycles. The standard InChI is InChI=1S/C11H10FN3O/c1-7-2-5-11(16)15(14-7)8-3-4-10(13)9(12)6-8/h2-6H,13H2,1H3. The molecule has 0 aliphatic heterocycles. The van der Waals surface area contributed by atoms with Gasteiger partial charge in [0.2, 0.25) is 0 Å². The van der Waals surface area contributed by atoms with Gasteiger partial charge in [-0.2, -0.15) is 9.78 Å². The lowest BCUT2D eigenvalue weighted by molar-refractivity contribution is 0.629. The summed E-state index contributed by atoms with van der Waals surface area (Å²) in [7, 11) is 0. The third-order valence-corrected chi connectivity index (χ3v) is 2.16. The average Bonchev–Trinajstić information content (AvgIpc) is 2.26. The van der Waals surface area contributed by atoms with Gasteiger partial charge < -0.3 is 5.73 Å². The minimum atomic E-state index is -0.562. The van der Waals surface area contributed by atoms with Gasteiger partial charge in [-0.15, -0.1) is 0 Å². The number of aromatic nitrogens is 2. The van der Waals surface area contributed by atoms with Crippen LogP contribution in [0.25, 0.3) is 5.69 Å². The first kappa shape index (κ1) is 10.4. The van der Waals surface area contributed by atoms with Gasteiger partial charge in [0.25, 0.3) is 5.56 Å². The number of nitrogen functional groups attached to an aromatic ring is 1. The number of anilines is 1. The van der Waals surface area contributed by atoms with Crippen LogP contribution < -0.4 is 11.3 Å². The van der Waals surface area contributed by atoms with E-state index in [0.717, 1.165) is 4.68 Å². The molecule has 1 heterocycles. The average molecular weight is 219 g/mol. The molecule has 4 nitrogen and oxygen atoms in total. The predicted octanol–water partition coefficient (Wildman–Crippen LogP) is 1.26. The molecule has 5 heteroatoms. The van der Waals surface area contributed by atoms with Gasteiger partial charge in [0, 0.05) is 12.1 Å². The third kappa shape index (κ3) is 1.79. The van der Waals surface area contributed by atoms with Gasteiger partial charge >= 0.3 is 0 Å². The number of aryl methyl sites for hydroxylation is 1. The lowest BCUT2D eigenvalue weighted by Crippen LogP contribution is -2.20. The van der Waals surface area contributed by atoms with Crippen LogP contribution in [0.4, 0.5) is 10.1 Å². The molecule has 2 rings (SSSR count). The fourth-order valence-electron chi connectivity index (χ4n) is 1.34. The normalized spacial score (nSPS) is 10.4. The summed E-state index contributed by atoms with van der Waals surface area (Å²) in [6.45, 7) is 1.75. The molecule has 0 saturated heterocycles. The second-order valence-electron chi connectivity index (χ2n) is 3.43. The summed E-state index contributed by atoms with van der Waals surface area (Å²) in [6.07, 6.45) is 0. The first-order chi connectivity index (χ1) is 7.58. The van der Waals surface area contributed by atoms with Crippen molar-refractivity contribution in [1.82, 2.24) is 9.78 Å². The fraction of sp³-hybridized carbons (Fsp3) is 0.0909. The van der Waals surface area contributed by atoms with Crippen LogP contribution in [-0.4, -0.2) is 9.78 Å². The van der Waals surface area contributed by atoms with Crippen LogP contribution in [0.2, 0.25) is 0 Å². The summed E-state index contributed by atoms with van der Waals surface area (Å²) in [5.74, 6) is -0.562. The highest BCUT2D eigenvalue weighted by molar-refractivity contribution is 5.46. The molecule has 0 atom stereocenters. The van der Waals surface area contributed by atoms with Crippen LogP contribution >= 0.6 is 0 Å². The first-order valence-corrected chi connectivity index (χ1v) is 4.70. The number of hydrogen-bond donors (Lipinski definition) is 1. The number of benzene rings is 1. The van der Waals surface area contributed by atoms with E-state index in [4.69, 9.17) is 5.73 Å². The first-order valence-electron chi connectivity index (χ1n) is 4.70. The Morgan fingerprint density at radius 2 is 2.06 bits per heavy atom. The molecule has 0 amide bonds. The number of rotatable bonds is 1. The maximum Gasteiger partial charge on any atom is 0.271 e. The largest absolute Gasteiger partial charge is 0.396 e. The summed E-state index contributed by atoms with van der Waals surface area (Å²) in [5.41, 5.74) is 6.13. The third-order valence-electron chi connectivity index (χ3n) is 2.16. The molecule has 0 radical (unpaired) electrons. The van der Waals surface area contributed by atoms with Gasteiger partial charge in [-0.05, 0) is 25.1 Å². The maximum atomic E-state index is 13.2. The van der Waals surface area contributed by atoms with Crippen LogP contribution in [-0.2, 0) is 0 Å². The molecule has 16 heavy (non-hydrogen) atoms. The zero-order valence-electron chi connectivity index (χ0n) is 8.64. The van der Waals surface area contributed by atoms with E-state index in [1.165, 1.54) is 18.2 Å². The Morgan fingerprint density at radius 3 is 2.75 bits per heavy atom. The van der Waals surface area contributed by atoms with Gasteiger partial charge in [0.1, 0.15) is 5.82 Å². The van der Waals surface area contributed by atoms with E-state index in [9.17, 15) is 9.18 Å². The monoisotopic (exact) mass is 219 g/mol. The van der Waals surface area contributed by atoms with E-state index in [-0.39, 0.29) is 11.2 Å². The summed E-state index contributed by atoms with van der Waals surface area (Å²) in [4.78, 5) is 11.5. The smallest absolute Gasteiger partial charge is 0.271 e. The van der Waals surface area contributed by atoms with Crippen molar-refractivity contribution in [3.63, 3.8) is 0 Å². The maximum absolute atomic E-state index is 13.2. The summed E-state index contributed by atoms with van der Waals surface area (Å²) in [6, 6.07) is 7.12. The summed E-state index contributed by atoms with van der Waals surface area (Å²) in [5, 5.41) is 4.01. The second kappa shape index (κ2) is 3.77. The topological polar surface area (TPSA) is 60.9 Å². The fourth-order valence-corrected chi connectivity index (χ4v) is 1.34. The molecule has 0 unspecified atom stereocenters. The highest BCUT2D eigenvalue weighted by Crippen LogP contribution is 2.13. The zero-order chi connectivity index (χ0) is 11.7. The van der Waals surface area contributed by atoms with Gasteiger partial charge in [0.15, 0.2) is 0 Å². The van der Waals surface area contributed by atoms with Crippen LogP contribution in [0.5, 0.6) is 0 Å². The van der Waals surface area contributed by atoms with Crippen molar-refractivity contribution >= 4 is 5.69 Å². The number of nitrogens with zero attached hydrogens (tertiary/aromatic N) is 2. The lowest BCUT2D eigenvalue weighted by Gasteiger charge is -2.05. The van der Waals surface area contributed by atoms with E-state index < -0.39 is 5.82 Å². The molecule has 0 spiro atoms. The van der Waals surface area contributed by atoms with Gasteiger partial charge in [-0.25, -0.2) is 4.39 Å². The Kier molecular flexibility index (Phi) is 2.44. The highest BCUT2D eigenvalue weighted by atomic mass is 19.1. The van der Waals surface area contributed by atoms with Crippen molar-refractivity contribution in [3.8, 4) is 5.69 Å². The van der Waals surface area contributed by atoms with E-state index in [0.29, 0.717) is 11.4 Å². The van der Waals surface area contributed by atoms with Crippen molar-refractivity contribution in [2.45, 2.75) is 6.92 Å². The Balaban J connectivity index is 2.63. The second-order valence-corrected chi connectivity index (χ2v) is 3.43. The quantitative estimate of drug-likeness (QED) is 0.734. The number of halogens is 1. The summed E-state index contributed by atoms with van der Waals surface area (Å²) >= 11 is 0. The molecule has 82 valence electrons. The Bertz CT molecular complexity index is 592. The molecule has 2 N–H and O–H groups in total. The zero-order valence-corrected chi connectivity index (χ0v) is 8.64. The lowest BCUT2D eigenvalue weighted by atomic mass is 10.2. The highest BCUT2D eigenvalue weighted by Gasteiger charge is 2.04. The SMILES string of the molecule is Cc1ccc(=O)n(-c2ccc(N)c(F)c2)n1. The van der Waals surface area contributed by atoms with E-state index >= 15 is 0 Å². The molecule has 0 aliphatic carbocycles. The van der Waals surface area contributed by atoms with Crippen LogP contribution in [0, 0.1) is 12.7 Å². The molecule has 0 fully saturated rings. The minimum Gasteiger partial charge on any atom is -0.396 e. The van der Waals surface area contributed by atoms with Crippen LogP contribution in [0.15, 0.2) is 35.1 Å².